The van der Waals surface area contributed by atoms with Gasteiger partial charge in [-0.25, -0.2) is 4.98 Å². The molecular weight excluding hydrogens is 342 g/mol. The van der Waals surface area contributed by atoms with Gasteiger partial charge in [0.05, 0.1) is 11.7 Å². The lowest BCUT2D eigenvalue weighted by atomic mass is 9.94. The molecule has 4 nitrogen and oxygen atoms in total. The van der Waals surface area contributed by atoms with Crippen molar-refractivity contribution in [2.75, 3.05) is 5.32 Å². The molecule has 2 heterocycles. The minimum Gasteiger partial charge on any atom is -0.301 e. The number of allylic oxidation sites excluding steroid dienone is 4. The van der Waals surface area contributed by atoms with E-state index in [0.717, 1.165) is 30.7 Å². The molecule has 0 saturated heterocycles. The normalized spacial score (nSPS) is 21.8. The van der Waals surface area contributed by atoms with Gasteiger partial charge in [0.15, 0.2) is 5.13 Å². The summed E-state index contributed by atoms with van der Waals surface area (Å²) in [6.45, 7) is 2.94. The number of nitrogens with one attached hydrogen (secondary N) is 2. The number of amides is 1. The first-order chi connectivity index (χ1) is 12.7. The van der Waals surface area contributed by atoms with Crippen LogP contribution >= 0.6 is 11.3 Å². The maximum Gasteiger partial charge on any atom is 0.243 e. The summed E-state index contributed by atoms with van der Waals surface area (Å²) < 4.78 is 0. The fourth-order valence-electron chi connectivity index (χ4n) is 3.45. The van der Waals surface area contributed by atoms with Gasteiger partial charge in [-0.2, -0.15) is 0 Å². The van der Waals surface area contributed by atoms with Crippen molar-refractivity contribution in [1.82, 2.24) is 10.3 Å². The number of nitrogens with zero attached hydrogens (tertiary/aromatic N) is 1. The molecule has 2 unspecified atom stereocenters. The van der Waals surface area contributed by atoms with Crippen LogP contribution in [0, 0.1) is 5.92 Å². The average Bonchev–Trinajstić information content (AvgIpc) is 3.16. The van der Waals surface area contributed by atoms with Crippen LogP contribution in [-0.2, 0) is 17.8 Å². The molecule has 2 N–H and O–H groups in total. The second kappa shape index (κ2) is 7.56. The van der Waals surface area contributed by atoms with E-state index in [2.05, 4.69) is 52.9 Å². The summed E-state index contributed by atoms with van der Waals surface area (Å²) in [5.41, 5.74) is 4.61. The number of hydrogen-bond donors (Lipinski definition) is 2. The lowest BCUT2D eigenvalue weighted by Gasteiger charge is -2.24. The predicted octanol–water partition coefficient (Wildman–Crippen LogP) is 4.17. The molecule has 0 fully saturated rings. The summed E-state index contributed by atoms with van der Waals surface area (Å²) in [5.74, 6) is 0.622. The van der Waals surface area contributed by atoms with Crippen molar-refractivity contribution in [1.29, 1.82) is 0 Å². The Bertz CT molecular complexity index is 868. The highest BCUT2D eigenvalue weighted by atomic mass is 32.1. The van der Waals surface area contributed by atoms with Crippen molar-refractivity contribution < 1.29 is 4.79 Å². The number of carbonyl (C=O) groups excluding carboxylic acids is 1. The fourth-order valence-corrected chi connectivity index (χ4v) is 4.18. The van der Waals surface area contributed by atoms with E-state index in [9.17, 15) is 4.79 Å². The smallest absolute Gasteiger partial charge is 0.243 e. The third kappa shape index (κ3) is 3.64. The molecule has 1 aromatic carbocycles. The Morgan fingerprint density at radius 3 is 2.96 bits per heavy atom. The van der Waals surface area contributed by atoms with E-state index in [1.807, 2.05) is 17.5 Å². The third-order valence-electron chi connectivity index (χ3n) is 5.14. The SMILES string of the molecule is CCC1C=CC(c2csc(NC(=O)C3Cc4ccccc4CN3)n2)=CC1. The second-order valence-corrected chi connectivity index (χ2v) is 7.71. The van der Waals surface area contributed by atoms with Crippen LogP contribution in [-0.4, -0.2) is 16.9 Å². The number of thiazole rings is 1. The molecule has 5 heteroatoms. The highest BCUT2D eigenvalue weighted by Gasteiger charge is 2.24. The van der Waals surface area contributed by atoms with E-state index in [1.165, 1.54) is 22.5 Å². The predicted molar refractivity (Wildman–Crippen MR) is 107 cm³/mol. The van der Waals surface area contributed by atoms with Gasteiger partial charge in [0.25, 0.3) is 0 Å². The van der Waals surface area contributed by atoms with E-state index < -0.39 is 0 Å². The van der Waals surface area contributed by atoms with Crippen molar-refractivity contribution in [3.8, 4) is 0 Å². The van der Waals surface area contributed by atoms with Gasteiger partial charge in [-0.3, -0.25) is 4.79 Å². The Kier molecular flexibility index (Phi) is 5.00. The maximum atomic E-state index is 12.6. The monoisotopic (exact) mass is 365 g/mol. The zero-order valence-electron chi connectivity index (χ0n) is 14.9. The third-order valence-corrected chi connectivity index (χ3v) is 5.90. The van der Waals surface area contributed by atoms with Gasteiger partial charge in [-0.05, 0) is 41.9 Å². The van der Waals surface area contributed by atoms with Gasteiger partial charge in [0.1, 0.15) is 0 Å². The molecule has 0 saturated carbocycles. The van der Waals surface area contributed by atoms with Crippen LogP contribution in [0.25, 0.3) is 5.57 Å². The molecule has 0 radical (unpaired) electrons. The van der Waals surface area contributed by atoms with Gasteiger partial charge in [0, 0.05) is 11.9 Å². The molecule has 2 aromatic rings. The quantitative estimate of drug-likeness (QED) is 0.855. The summed E-state index contributed by atoms with van der Waals surface area (Å²) >= 11 is 1.48. The van der Waals surface area contributed by atoms with Crippen LogP contribution in [0.15, 0.2) is 47.9 Å². The number of aromatic nitrogens is 1. The number of benzene rings is 1. The lowest BCUT2D eigenvalue weighted by Crippen LogP contribution is -2.44. The molecule has 4 rings (SSSR count). The maximum absolute atomic E-state index is 12.6. The van der Waals surface area contributed by atoms with Crippen LogP contribution in [0.2, 0.25) is 0 Å². The molecule has 2 aliphatic rings. The number of anilines is 1. The molecule has 2 atom stereocenters. The highest BCUT2D eigenvalue weighted by Crippen LogP contribution is 2.28. The summed E-state index contributed by atoms with van der Waals surface area (Å²) in [6.07, 6.45) is 9.60. The van der Waals surface area contributed by atoms with Crippen molar-refractivity contribution in [2.45, 2.75) is 38.8 Å². The Morgan fingerprint density at radius 1 is 1.35 bits per heavy atom. The summed E-state index contributed by atoms with van der Waals surface area (Å²) in [6, 6.07) is 8.06. The van der Waals surface area contributed by atoms with E-state index >= 15 is 0 Å². The van der Waals surface area contributed by atoms with E-state index in [1.54, 1.807) is 0 Å². The zero-order valence-corrected chi connectivity index (χ0v) is 15.7. The molecule has 0 bridgehead atoms. The summed E-state index contributed by atoms with van der Waals surface area (Å²) in [5, 5.41) is 8.98. The van der Waals surface area contributed by atoms with Crippen molar-refractivity contribution in [3.05, 3.63) is 64.7 Å². The van der Waals surface area contributed by atoms with E-state index in [0.29, 0.717) is 17.5 Å². The molecule has 1 aliphatic carbocycles. The second-order valence-electron chi connectivity index (χ2n) is 6.86. The van der Waals surface area contributed by atoms with Crippen LogP contribution in [0.4, 0.5) is 5.13 Å². The van der Waals surface area contributed by atoms with Crippen LogP contribution in [0.1, 0.15) is 36.6 Å². The fraction of sp³-hybridized carbons (Fsp3) is 0.333. The molecular formula is C21H23N3OS. The Morgan fingerprint density at radius 2 is 2.19 bits per heavy atom. The Labute approximate surface area is 158 Å². The average molecular weight is 366 g/mol. The standard InChI is InChI=1S/C21H23N3OS/c1-2-14-7-9-15(10-8-14)19-13-26-21(23-19)24-20(25)18-11-16-5-3-4-6-17(16)12-22-18/h3-7,9-10,13-14,18,22H,2,8,11-12H2,1H3,(H,23,24,25). The Balaban J connectivity index is 1.40. The van der Waals surface area contributed by atoms with Gasteiger partial charge in [-0.15, -0.1) is 11.3 Å². The van der Waals surface area contributed by atoms with Crippen LogP contribution in [0.5, 0.6) is 0 Å². The molecule has 26 heavy (non-hydrogen) atoms. The first-order valence-corrected chi connectivity index (χ1v) is 10.1. The highest BCUT2D eigenvalue weighted by molar-refractivity contribution is 7.14. The minimum atomic E-state index is -0.212. The largest absolute Gasteiger partial charge is 0.301 e. The Hall–Kier alpha value is -2.24. The number of carbonyl (C=O) groups is 1. The lowest BCUT2D eigenvalue weighted by molar-refractivity contribution is -0.118. The zero-order chi connectivity index (χ0) is 17.9. The summed E-state index contributed by atoms with van der Waals surface area (Å²) in [4.78, 5) is 17.2. The van der Waals surface area contributed by atoms with Crippen molar-refractivity contribution in [2.24, 2.45) is 5.92 Å². The van der Waals surface area contributed by atoms with Gasteiger partial charge in [-0.1, -0.05) is 49.4 Å². The molecule has 1 aromatic heterocycles. The van der Waals surface area contributed by atoms with E-state index in [4.69, 9.17) is 0 Å². The van der Waals surface area contributed by atoms with Gasteiger partial charge in [0.2, 0.25) is 5.91 Å². The number of rotatable bonds is 4. The topological polar surface area (TPSA) is 54.0 Å². The minimum absolute atomic E-state index is 0.0142. The molecule has 0 spiro atoms. The molecule has 1 aliphatic heterocycles. The molecule has 134 valence electrons. The van der Waals surface area contributed by atoms with Crippen molar-refractivity contribution >= 4 is 27.9 Å². The van der Waals surface area contributed by atoms with Crippen LogP contribution < -0.4 is 10.6 Å². The number of hydrogen-bond acceptors (Lipinski definition) is 4. The first-order valence-electron chi connectivity index (χ1n) is 9.18. The van der Waals surface area contributed by atoms with Crippen molar-refractivity contribution in [3.63, 3.8) is 0 Å². The first kappa shape index (κ1) is 17.2. The summed E-state index contributed by atoms with van der Waals surface area (Å²) in [7, 11) is 0. The van der Waals surface area contributed by atoms with Gasteiger partial charge < -0.3 is 10.6 Å². The van der Waals surface area contributed by atoms with E-state index in [-0.39, 0.29) is 11.9 Å². The van der Waals surface area contributed by atoms with Gasteiger partial charge >= 0.3 is 0 Å². The number of fused-ring (bicyclic) bond motifs is 1. The van der Waals surface area contributed by atoms with Crippen LogP contribution in [0.3, 0.4) is 0 Å². The molecule has 1 amide bonds.